The van der Waals surface area contributed by atoms with E-state index in [1.54, 1.807) is 18.2 Å². The summed E-state index contributed by atoms with van der Waals surface area (Å²) in [6.45, 7) is 0. The molecular weight excluding hydrogens is 241 g/mol. The molecule has 2 nitrogen and oxygen atoms in total. The molecule has 0 aliphatic rings. The Kier molecular flexibility index (Phi) is 2.34. The Labute approximate surface area is 102 Å². The van der Waals surface area contributed by atoms with Gasteiger partial charge in [0, 0.05) is 10.9 Å². The van der Waals surface area contributed by atoms with E-state index in [9.17, 15) is 4.39 Å². The molecule has 0 aliphatic carbocycles. The zero-order valence-corrected chi connectivity index (χ0v) is 9.41. The lowest BCUT2D eigenvalue weighted by atomic mass is 10.0. The maximum Gasteiger partial charge on any atom is 0.292 e. The lowest BCUT2D eigenvalue weighted by Crippen LogP contribution is -1.83. The second-order valence-electron chi connectivity index (χ2n) is 3.62. The van der Waals surface area contributed by atoms with Gasteiger partial charge in [-0.1, -0.05) is 24.3 Å². The van der Waals surface area contributed by atoms with Crippen molar-refractivity contribution < 1.29 is 8.81 Å². The molecule has 17 heavy (non-hydrogen) atoms. The standard InChI is InChI=1S/C13H7ClFNO/c14-13-16-7-12(17-13)10-5-6-11(15)9-4-2-1-3-8(9)10/h1-7H. The predicted octanol–water partition coefficient (Wildman–Crippen LogP) is 4.29. The summed E-state index contributed by atoms with van der Waals surface area (Å²) in [4.78, 5) is 3.83. The number of fused-ring (bicyclic) bond motifs is 1. The van der Waals surface area contributed by atoms with Gasteiger partial charge in [-0.15, -0.1) is 0 Å². The van der Waals surface area contributed by atoms with Gasteiger partial charge in [-0.25, -0.2) is 9.37 Å². The number of rotatable bonds is 1. The number of halogens is 2. The molecule has 0 spiro atoms. The first-order valence-corrected chi connectivity index (χ1v) is 5.42. The molecule has 0 atom stereocenters. The second-order valence-corrected chi connectivity index (χ2v) is 3.94. The van der Waals surface area contributed by atoms with Gasteiger partial charge < -0.3 is 4.42 Å². The average molecular weight is 248 g/mol. The molecule has 84 valence electrons. The van der Waals surface area contributed by atoms with E-state index in [0.717, 1.165) is 10.9 Å². The molecule has 1 heterocycles. The molecule has 3 rings (SSSR count). The highest BCUT2D eigenvalue weighted by atomic mass is 35.5. The summed E-state index contributed by atoms with van der Waals surface area (Å²) >= 11 is 5.64. The van der Waals surface area contributed by atoms with Crippen LogP contribution in [-0.4, -0.2) is 4.98 Å². The van der Waals surface area contributed by atoms with Gasteiger partial charge in [0.1, 0.15) is 5.82 Å². The van der Waals surface area contributed by atoms with Crippen LogP contribution in [0.4, 0.5) is 4.39 Å². The smallest absolute Gasteiger partial charge is 0.292 e. The first-order valence-electron chi connectivity index (χ1n) is 5.04. The molecule has 4 heteroatoms. The fourth-order valence-corrected chi connectivity index (χ4v) is 1.99. The second kappa shape index (κ2) is 3.86. The molecule has 0 N–H and O–H groups in total. The maximum atomic E-state index is 13.6. The number of aromatic nitrogens is 1. The number of benzene rings is 2. The fourth-order valence-electron chi connectivity index (χ4n) is 1.85. The molecule has 0 unspecified atom stereocenters. The molecule has 3 aromatic rings. The molecule has 0 radical (unpaired) electrons. The van der Waals surface area contributed by atoms with Gasteiger partial charge in [-0.3, -0.25) is 0 Å². The van der Waals surface area contributed by atoms with E-state index in [0.29, 0.717) is 11.1 Å². The zero-order chi connectivity index (χ0) is 11.8. The number of nitrogens with zero attached hydrogens (tertiary/aromatic N) is 1. The third-order valence-corrected chi connectivity index (χ3v) is 2.79. The van der Waals surface area contributed by atoms with Crippen LogP contribution in [0.2, 0.25) is 5.35 Å². The van der Waals surface area contributed by atoms with E-state index in [4.69, 9.17) is 16.0 Å². The third-order valence-electron chi connectivity index (χ3n) is 2.61. The zero-order valence-electron chi connectivity index (χ0n) is 8.65. The van der Waals surface area contributed by atoms with Gasteiger partial charge >= 0.3 is 0 Å². The SMILES string of the molecule is Fc1ccc(-c2cnc(Cl)o2)c2ccccc12. The largest absolute Gasteiger partial charge is 0.428 e. The lowest BCUT2D eigenvalue weighted by molar-refractivity contribution is 0.574. The van der Waals surface area contributed by atoms with E-state index in [-0.39, 0.29) is 11.2 Å². The highest BCUT2D eigenvalue weighted by Gasteiger charge is 2.10. The van der Waals surface area contributed by atoms with Crippen molar-refractivity contribution in [2.45, 2.75) is 0 Å². The van der Waals surface area contributed by atoms with Crippen molar-refractivity contribution in [3.63, 3.8) is 0 Å². The Morgan fingerprint density at radius 1 is 1.06 bits per heavy atom. The molecule has 1 aromatic heterocycles. The third kappa shape index (κ3) is 1.68. The van der Waals surface area contributed by atoms with E-state index in [1.165, 1.54) is 12.3 Å². The van der Waals surface area contributed by atoms with Crippen LogP contribution in [-0.2, 0) is 0 Å². The van der Waals surface area contributed by atoms with Gasteiger partial charge in [-0.05, 0) is 29.1 Å². The molecule has 0 aliphatic heterocycles. The molecule has 0 bridgehead atoms. The normalized spacial score (nSPS) is 10.9. The molecule has 0 saturated carbocycles. The van der Waals surface area contributed by atoms with Crippen LogP contribution in [0.1, 0.15) is 0 Å². The van der Waals surface area contributed by atoms with Gasteiger partial charge in [0.2, 0.25) is 0 Å². The van der Waals surface area contributed by atoms with Crippen molar-refractivity contribution in [1.82, 2.24) is 4.98 Å². The quantitative estimate of drug-likeness (QED) is 0.641. The molecular formula is C13H7ClFNO. The van der Waals surface area contributed by atoms with Crippen LogP contribution >= 0.6 is 11.6 Å². The molecule has 2 aromatic carbocycles. The van der Waals surface area contributed by atoms with Crippen molar-refractivity contribution in [3.8, 4) is 11.3 Å². The average Bonchev–Trinajstić information content (AvgIpc) is 2.77. The van der Waals surface area contributed by atoms with Crippen LogP contribution < -0.4 is 0 Å². The summed E-state index contributed by atoms with van der Waals surface area (Å²) in [6.07, 6.45) is 1.53. The van der Waals surface area contributed by atoms with Crippen molar-refractivity contribution in [2.75, 3.05) is 0 Å². The highest BCUT2D eigenvalue weighted by molar-refractivity contribution is 6.27. The minimum absolute atomic E-state index is 0.0772. The van der Waals surface area contributed by atoms with Crippen LogP contribution in [0.3, 0.4) is 0 Å². The van der Waals surface area contributed by atoms with E-state index >= 15 is 0 Å². The minimum atomic E-state index is -0.255. The molecule has 0 saturated heterocycles. The van der Waals surface area contributed by atoms with Crippen molar-refractivity contribution in [2.24, 2.45) is 0 Å². The summed E-state index contributed by atoms with van der Waals surface area (Å²) in [5.74, 6) is 0.279. The first-order chi connectivity index (χ1) is 8.25. The van der Waals surface area contributed by atoms with Crippen molar-refractivity contribution >= 4 is 22.4 Å². The van der Waals surface area contributed by atoms with Gasteiger partial charge in [0.25, 0.3) is 5.35 Å². The molecule has 0 fully saturated rings. The number of oxazole rings is 1. The van der Waals surface area contributed by atoms with E-state index in [1.807, 2.05) is 12.1 Å². The van der Waals surface area contributed by atoms with Crippen LogP contribution in [0.15, 0.2) is 47.0 Å². The van der Waals surface area contributed by atoms with E-state index < -0.39 is 0 Å². The minimum Gasteiger partial charge on any atom is -0.428 e. The Morgan fingerprint density at radius 2 is 1.82 bits per heavy atom. The Morgan fingerprint density at radius 3 is 2.53 bits per heavy atom. The lowest BCUT2D eigenvalue weighted by Gasteiger charge is -2.04. The summed E-state index contributed by atoms with van der Waals surface area (Å²) in [7, 11) is 0. The van der Waals surface area contributed by atoms with Crippen molar-refractivity contribution in [3.05, 3.63) is 53.8 Å². The van der Waals surface area contributed by atoms with Crippen LogP contribution in [0, 0.1) is 5.82 Å². The summed E-state index contributed by atoms with van der Waals surface area (Å²) in [5, 5.41) is 1.41. The topological polar surface area (TPSA) is 26.0 Å². The summed E-state index contributed by atoms with van der Waals surface area (Å²) in [5.41, 5.74) is 0.779. The Balaban J connectivity index is 2.34. The maximum absolute atomic E-state index is 13.6. The first kappa shape index (κ1) is 10.3. The van der Waals surface area contributed by atoms with Crippen LogP contribution in [0.25, 0.3) is 22.1 Å². The monoisotopic (exact) mass is 247 g/mol. The fraction of sp³-hybridized carbons (Fsp3) is 0. The summed E-state index contributed by atoms with van der Waals surface area (Å²) in [6, 6.07) is 10.3. The Bertz CT molecular complexity index is 693. The van der Waals surface area contributed by atoms with E-state index in [2.05, 4.69) is 4.98 Å². The summed E-state index contributed by atoms with van der Waals surface area (Å²) < 4.78 is 18.9. The van der Waals surface area contributed by atoms with Crippen LogP contribution in [0.5, 0.6) is 0 Å². The van der Waals surface area contributed by atoms with Crippen molar-refractivity contribution in [1.29, 1.82) is 0 Å². The molecule has 0 amide bonds. The van der Waals surface area contributed by atoms with Gasteiger partial charge in [0.05, 0.1) is 6.20 Å². The predicted molar refractivity (Wildman–Crippen MR) is 64.4 cm³/mol. The Hall–Kier alpha value is -1.87. The number of hydrogen-bond acceptors (Lipinski definition) is 2. The highest BCUT2D eigenvalue weighted by Crippen LogP contribution is 2.31. The number of hydrogen-bond donors (Lipinski definition) is 0. The van der Waals surface area contributed by atoms with Gasteiger partial charge in [-0.2, -0.15) is 0 Å². The van der Waals surface area contributed by atoms with Gasteiger partial charge in [0.15, 0.2) is 5.76 Å².